The van der Waals surface area contributed by atoms with E-state index in [2.05, 4.69) is 15.4 Å². The summed E-state index contributed by atoms with van der Waals surface area (Å²) < 4.78 is 19.9. The van der Waals surface area contributed by atoms with Crippen molar-refractivity contribution in [2.45, 2.75) is 6.92 Å². The first-order valence-electron chi connectivity index (χ1n) is 9.25. The fourth-order valence-electron chi connectivity index (χ4n) is 2.98. The Morgan fingerprint density at radius 2 is 1.93 bits per heavy atom. The lowest BCUT2D eigenvalue weighted by Crippen LogP contribution is -2.18. The van der Waals surface area contributed by atoms with Crippen LogP contribution in [0.25, 0.3) is 16.7 Å². The molecule has 7 nitrogen and oxygen atoms in total. The van der Waals surface area contributed by atoms with E-state index in [0.29, 0.717) is 5.82 Å². The molecule has 0 saturated heterocycles. The maximum absolute atomic E-state index is 13.5. The van der Waals surface area contributed by atoms with Crippen LogP contribution in [0.4, 0.5) is 10.2 Å². The number of rotatable bonds is 5. The SMILES string of the molecule is CCOC(=O)c1cnn(-c2ccc3ccccc3n2)c1NC(=O)c1cccc(F)c1. The van der Waals surface area contributed by atoms with Crippen LogP contribution >= 0.6 is 0 Å². The van der Waals surface area contributed by atoms with Gasteiger partial charge in [-0.3, -0.25) is 4.79 Å². The molecule has 0 aliphatic carbocycles. The molecule has 150 valence electrons. The number of ether oxygens (including phenoxy) is 1. The number of para-hydroxylation sites is 1. The summed E-state index contributed by atoms with van der Waals surface area (Å²) in [5, 5.41) is 7.80. The van der Waals surface area contributed by atoms with Crippen molar-refractivity contribution in [3.8, 4) is 5.82 Å². The molecule has 0 fully saturated rings. The molecule has 0 saturated carbocycles. The van der Waals surface area contributed by atoms with Crippen molar-refractivity contribution >= 4 is 28.6 Å². The molecular formula is C22H17FN4O3. The minimum absolute atomic E-state index is 0.0663. The zero-order valence-corrected chi connectivity index (χ0v) is 16.0. The quantitative estimate of drug-likeness (QED) is 0.509. The molecule has 0 aliphatic rings. The van der Waals surface area contributed by atoms with Gasteiger partial charge >= 0.3 is 5.97 Å². The lowest BCUT2D eigenvalue weighted by Gasteiger charge is -2.11. The Balaban J connectivity index is 1.78. The third-order valence-corrected chi connectivity index (χ3v) is 4.38. The van der Waals surface area contributed by atoms with Gasteiger partial charge in [-0.2, -0.15) is 9.78 Å². The number of halogens is 1. The van der Waals surface area contributed by atoms with Gasteiger partial charge < -0.3 is 10.1 Å². The van der Waals surface area contributed by atoms with Gasteiger partial charge in [-0.15, -0.1) is 0 Å². The molecule has 2 aromatic heterocycles. The number of pyridine rings is 1. The molecule has 0 atom stereocenters. The molecule has 4 rings (SSSR count). The van der Waals surface area contributed by atoms with Crippen molar-refractivity contribution in [2.24, 2.45) is 0 Å². The number of nitrogens with zero attached hydrogens (tertiary/aromatic N) is 3. The summed E-state index contributed by atoms with van der Waals surface area (Å²) in [7, 11) is 0. The Morgan fingerprint density at radius 1 is 1.10 bits per heavy atom. The molecule has 2 heterocycles. The minimum atomic E-state index is -0.640. The van der Waals surface area contributed by atoms with Gasteiger partial charge in [0.15, 0.2) is 11.6 Å². The molecule has 0 unspecified atom stereocenters. The number of anilines is 1. The van der Waals surface area contributed by atoms with Crippen LogP contribution in [-0.4, -0.2) is 33.2 Å². The number of fused-ring (bicyclic) bond motifs is 1. The maximum Gasteiger partial charge on any atom is 0.343 e. The molecule has 0 radical (unpaired) electrons. The number of amides is 1. The number of benzene rings is 2. The number of nitrogens with one attached hydrogen (secondary N) is 1. The van der Waals surface area contributed by atoms with Crippen molar-refractivity contribution < 1.29 is 18.7 Å². The monoisotopic (exact) mass is 404 g/mol. The van der Waals surface area contributed by atoms with Crippen molar-refractivity contribution in [2.75, 3.05) is 11.9 Å². The van der Waals surface area contributed by atoms with Gasteiger partial charge in [0.25, 0.3) is 5.91 Å². The lowest BCUT2D eigenvalue weighted by atomic mass is 10.2. The maximum atomic E-state index is 13.5. The Bertz CT molecular complexity index is 1250. The second-order valence-electron chi connectivity index (χ2n) is 6.37. The highest BCUT2D eigenvalue weighted by Gasteiger charge is 2.23. The molecule has 1 amide bonds. The molecule has 2 aromatic carbocycles. The predicted octanol–water partition coefficient (Wildman–Crippen LogP) is 3.99. The van der Waals surface area contributed by atoms with Crippen molar-refractivity contribution in [1.82, 2.24) is 14.8 Å². The lowest BCUT2D eigenvalue weighted by molar-refractivity contribution is 0.0527. The normalized spacial score (nSPS) is 10.7. The first kappa shape index (κ1) is 19.3. The third-order valence-electron chi connectivity index (χ3n) is 4.38. The fourth-order valence-corrected chi connectivity index (χ4v) is 2.98. The van der Waals surface area contributed by atoms with E-state index in [1.54, 1.807) is 13.0 Å². The average molecular weight is 404 g/mol. The van der Waals surface area contributed by atoms with E-state index < -0.39 is 17.7 Å². The van der Waals surface area contributed by atoms with E-state index in [-0.39, 0.29) is 23.6 Å². The van der Waals surface area contributed by atoms with E-state index in [9.17, 15) is 14.0 Å². The van der Waals surface area contributed by atoms with Crippen LogP contribution in [0.3, 0.4) is 0 Å². The number of carbonyl (C=O) groups excluding carboxylic acids is 2. The second-order valence-corrected chi connectivity index (χ2v) is 6.37. The van der Waals surface area contributed by atoms with E-state index in [4.69, 9.17) is 4.74 Å². The molecule has 0 aliphatic heterocycles. The molecule has 30 heavy (non-hydrogen) atoms. The molecule has 8 heteroatoms. The van der Waals surface area contributed by atoms with Gasteiger partial charge in [0.1, 0.15) is 11.4 Å². The van der Waals surface area contributed by atoms with Crippen LogP contribution in [0.5, 0.6) is 0 Å². The topological polar surface area (TPSA) is 86.1 Å². The summed E-state index contributed by atoms with van der Waals surface area (Å²) >= 11 is 0. The molecule has 0 bridgehead atoms. The summed E-state index contributed by atoms with van der Waals surface area (Å²) in [5.41, 5.74) is 0.895. The summed E-state index contributed by atoms with van der Waals surface area (Å²) in [4.78, 5) is 29.6. The Hall–Kier alpha value is -4.07. The molecule has 0 spiro atoms. The zero-order valence-electron chi connectivity index (χ0n) is 16.0. The fraction of sp³-hybridized carbons (Fsp3) is 0.0909. The summed E-state index contributed by atoms with van der Waals surface area (Å²) in [6.07, 6.45) is 1.30. The molecule has 4 aromatic rings. The minimum Gasteiger partial charge on any atom is -0.462 e. The summed E-state index contributed by atoms with van der Waals surface area (Å²) in [6, 6.07) is 16.4. The number of aromatic nitrogens is 3. The second kappa shape index (κ2) is 8.12. The van der Waals surface area contributed by atoms with Crippen LogP contribution in [-0.2, 0) is 4.74 Å². The predicted molar refractivity (Wildman–Crippen MR) is 109 cm³/mol. The third kappa shape index (κ3) is 3.75. The Kier molecular flexibility index (Phi) is 5.21. The van der Waals surface area contributed by atoms with Crippen molar-refractivity contribution in [3.05, 3.63) is 83.8 Å². The van der Waals surface area contributed by atoms with Gasteiger partial charge in [0.05, 0.1) is 18.3 Å². The van der Waals surface area contributed by atoms with Crippen LogP contribution in [0, 0.1) is 5.82 Å². The van der Waals surface area contributed by atoms with E-state index in [1.165, 1.54) is 29.1 Å². The molecule has 1 N–H and O–H groups in total. The smallest absolute Gasteiger partial charge is 0.343 e. The number of hydrogen-bond donors (Lipinski definition) is 1. The van der Waals surface area contributed by atoms with E-state index in [1.807, 2.05) is 30.3 Å². The highest BCUT2D eigenvalue weighted by atomic mass is 19.1. The van der Waals surface area contributed by atoms with Crippen LogP contribution in [0.2, 0.25) is 0 Å². The largest absolute Gasteiger partial charge is 0.462 e. The Labute approximate surface area is 171 Å². The highest BCUT2D eigenvalue weighted by molar-refractivity contribution is 6.07. The number of carbonyl (C=O) groups is 2. The summed E-state index contributed by atoms with van der Waals surface area (Å²) in [6.45, 7) is 1.84. The first-order valence-corrected chi connectivity index (χ1v) is 9.25. The highest BCUT2D eigenvalue weighted by Crippen LogP contribution is 2.23. The van der Waals surface area contributed by atoms with Crippen molar-refractivity contribution in [1.29, 1.82) is 0 Å². The zero-order chi connectivity index (χ0) is 21.1. The van der Waals surface area contributed by atoms with E-state index >= 15 is 0 Å². The number of esters is 1. The standard InChI is InChI=1S/C22H17FN4O3/c1-2-30-22(29)17-13-24-27(19-11-10-14-6-3-4-9-18(14)25-19)20(17)26-21(28)15-7-5-8-16(23)12-15/h3-13H,2H2,1H3,(H,26,28). The van der Waals surface area contributed by atoms with Gasteiger partial charge in [0.2, 0.25) is 0 Å². The first-order chi connectivity index (χ1) is 14.6. The van der Waals surface area contributed by atoms with Gasteiger partial charge in [-0.05, 0) is 43.3 Å². The van der Waals surface area contributed by atoms with Crippen LogP contribution in [0.1, 0.15) is 27.6 Å². The Morgan fingerprint density at radius 3 is 2.73 bits per heavy atom. The van der Waals surface area contributed by atoms with Crippen molar-refractivity contribution in [3.63, 3.8) is 0 Å². The number of hydrogen-bond acceptors (Lipinski definition) is 5. The van der Waals surface area contributed by atoms with Gasteiger partial charge in [0, 0.05) is 10.9 Å². The van der Waals surface area contributed by atoms with Gasteiger partial charge in [-0.25, -0.2) is 14.2 Å². The van der Waals surface area contributed by atoms with Gasteiger partial charge in [-0.1, -0.05) is 24.3 Å². The van der Waals surface area contributed by atoms with Crippen LogP contribution in [0.15, 0.2) is 66.9 Å². The summed E-state index contributed by atoms with van der Waals surface area (Å²) in [5.74, 6) is -1.29. The van der Waals surface area contributed by atoms with E-state index in [0.717, 1.165) is 17.0 Å². The van der Waals surface area contributed by atoms with Crippen LogP contribution < -0.4 is 5.32 Å². The average Bonchev–Trinajstić information content (AvgIpc) is 3.17. The molecular weight excluding hydrogens is 387 g/mol.